The van der Waals surface area contributed by atoms with Gasteiger partial charge in [-0.15, -0.1) is 20.4 Å². The standard InChI is InChI=1S/C31H25ClN6O2.C16H16N4O2.C14H12N4O2.C9H10N4O3.C6H10O2.C5H8N4O.CH2O3.2Cs.3O2S.H/c1-18-8-6-9-20(16-18)24-14-15-37-29(35-24)27(28(33)36-37)30(39)34-19(2)25-17-21-10-7-13-23(32)26(21)31(40)38(25)22-11-4-3-5-12-22;1-3-22-16(21)13-14(17)19-20-8-7-12(18-15(13)20)11-6-4-5-10(2)9-11;1-8-3-2-4-9(7-8)10-5-6-18-13(16-10)11(14(19)20)12(15)17-18;1-2-16-9(15)6-7(10)12-13-4-3-5(14)11-8(6)13;1-3-5-6(7)8-4-2;1-2(10)3-4(6)8-9-5(3)7;2-1-4-3;;;3*1-3-2;/h3-17,19H,1-2H3,(H2,33,36)(H,34,39);4-9H,3H2,1-2H3,(H2,17,19);2-7H,1H3,(H2,15,17)(H,19,20);3-4H,2H2,1H3,(H2,10,12)(H,11,14);3,5H,4H2,1-2H3;1H3,(H5,6,7,8,9);1,3H;;;;;;/q;;;;;;;2*+1;;;;-1/p-1/b;;;;5-3+;;;;;;;;/t19-;;;;;;;;;;;;/m0............/s1. The van der Waals surface area contributed by atoms with Crippen LogP contribution in [0.5, 0.6) is 0 Å². The number of allylic oxidation sites excluding steroid dienone is 1. The second kappa shape index (κ2) is 55.6. The number of hydrogen-bond acceptors (Lipinski definition) is 34. The minimum atomic E-state index is -1.13. The van der Waals surface area contributed by atoms with Gasteiger partial charge >= 0.3 is 196 Å². The maximum atomic E-state index is 13.7. The van der Waals surface area contributed by atoms with Gasteiger partial charge in [-0.2, -0.15) is 30.4 Å². The van der Waals surface area contributed by atoms with Crippen LogP contribution in [0.2, 0.25) is 5.02 Å². The van der Waals surface area contributed by atoms with Crippen LogP contribution in [-0.2, 0) is 63.4 Å². The van der Waals surface area contributed by atoms with Crippen molar-refractivity contribution >= 4 is 157 Å². The monoisotopic (exact) mass is 2110 g/mol. The predicted octanol–water partition coefficient (Wildman–Crippen LogP) is 1.41. The molecule has 0 radical (unpaired) electrons. The number of benzene rings is 5. The average Bonchev–Trinajstić information content (AvgIpc) is 0.943. The number of carboxylic acid groups (broad SMARTS) is 1. The maximum Gasteiger partial charge on any atom is 1.00 e. The molecule has 10 aromatic heterocycles. The fourth-order valence-corrected chi connectivity index (χ4v) is 12.1. The Kier molecular flexibility index (Phi) is 47.1. The smallest absolute Gasteiger partial charge is 1.00 e. The number of hydrogen-bond donors (Lipinski definition) is 10. The molecule has 1 amide bonds. The number of nitrogens with one attached hydrogen (secondary N) is 3. The third kappa shape index (κ3) is 30.9. The Bertz CT molecular complexity index is 6790. The summed E-state index contributed by atoms with van der Waals surface area (Å²) in [5, 5.41) is 44.2. The number of aromatic nitrogens is 15. The Hall–Kier alpha value is -12.4. The van der Waals surface area contributed by atoms with Crippen LogP contribution in [0.15, 0.2) is 198 Å². The number of pyridine rings is 1. The SMILES string of the molecule is C/C=C/C(=O)OCC.CC(=O)c1c(N)n[nH]c1N.CCOC(=O)c1c(N)nn2ccc(-c3cccc(C)c3)nc12.CCOC(=O)c1c(N)nn2ccc(=O)[nH]c12.Cc1cccc(-c2ccn3nc(N)c(C(=O)N[C@@H](C)c4cc5cccc(Cl)c5c(=O)n4-c4ccccc4)c3n2)c1.Cc1cccc(-c2ccn3nc(N)c(C(=O)O)c3n2)c1.O=CO[O-].O=S=O.O=S=O.O=S=O.[Cs+].[Cs+].[H-]. The third-order valence-electron chi connectivity index (χ3n) is 17.1. The molecular formula is C82H83ClCs2N22O21S3. The van der Waals surface area contributed by atoms with E-state index in [1.807, 2.05) is 155 Å². The summed E-state index contributed by atoms with van der Waals surface area (Å²) in [6.07, 6.45) is 9.59. The zero-order chi connectivity index (χ0) is 95.3. The second-order valence-corrected chi connectivity index (χ2v) is 26.6. The Morgan fingerprint density at radius 2 is 0.969 bits per heavy atom. The number of para-hydroxylation sites is 1. The Labute approximate surface area is 877 Å². The number of Topliss-reactive ketones (excluding diaryl/α,β-unsaturated/α-hetero) is 1. The Balaban J connectivity index is 0.000000422. The van der Waals surface area contributed by atoms with E-state index < -0.39 is 64.6 Å². The molecule has 16 N–H and O–H groups in total. The molecule has 10 heterocycles. The van der Waals surface area contributed by atoms with Gasteiger partial charge in [0, 0.05) is 65.0 Å². The normalized spacial score (nSPS) is 10.2. The van der Waals surface area contributed by atoms with Gasteiger partial charge in [0.05, 0.1) is 53.4 Å². The number of aromatic amines is 2. The fourth-order valence-electron chi connectivity index (χ4n) is 11.8. The van der Waals surface area contributed by atoms with Crippen molar-refractivity contribution in [1.82, 2.24) is 78.5 Å². The van der Waals surface area contributed by atoms with Crippen LogP contribution in [0.4, 0.5) is 34.9 Å². The largest absolute Gasteiger partial charge is 1.00 e. The summed E-state index contributed by atoms with van der Waals surface area (Å²) in [5.41, 5.74) is 44.7. The number of rotatable bonds is 16. The van der Waals surface area contributed by atoms with Crippen molar-refractivity contribution in [1.29, 1.82) is 0 Å². The van der Waals surface area contributed by atoms with E-state index in [1.165, 1.54) is 43.3 Å². The summed E-state index contributed by atoms with van der Waals surface area (Å²) in [6.45, 7) is 17.0. The number of carbonyl (C=O) groups excluding carboxylic acids is 6. The first-order valence-electron chi connectivity index (χ1n) is 37.4. The molecular weight excluding hydrogens is 2030 g/mol. The van der Waals surface area contributed by atoms with Gasteiger partial charge in [-0.1, -0.05) is 119 Å². The van der Waals surface area contributed by atoms with Crippen molar-refractivity contribution in [3.05, 3.63) is 265 Å². The minimum Gasteiger partial charge on any atom is -1.00 e. The molecule has 0 fully saturated rings. The number of carbonyl (C=O) groups is 7. The first kappa shape index (κ1) is 111. The van der Waals surface area contributed by atoms with Crippen LogP contribution in [0.3, 0.4) is 0 Å². The zero-order valence-corrected chi connectivity index (χ0v) is 87.4. The predicted molar refractivity (Wildman–Crippen MR) is 476 cm³/mol. The first-order valence-corrected chi connectivity index (χ1v) is 39.8. The van der Waals surface area contributed by atoms with Crippen LogP contribution < -0.4 is 194 Å². The Morgan fingerprint density at radius 3 is 1.38 bits per heavy atom. The van der Waals surface area contributed by atoms with Crippen molar-refractivity contribution in [2.45, 2.75) is 68.4 Å². The number of anilines is 6. The molecule has 674 valence electrons. The number of carboxylic acids is 1. The molecule has 15 aromatic rings. The van der Waals surface area contributed by atoms with Gasteiger partial charge in [0.2, 0.25) is 0 Å². The van der Waals surface area contributed by atoms with Gasteiger partial charge in [-0.25, -0.2) is 52.2 Å². The van der Waals surface area contributed by atoms with E-state index in [-0.39, 0.29) is 256 Å². The number of ether oxygens (including phenoxy) is 3. The van der Waals surface area contributed by atoms with Crippen LogP contribution in [0, 0.1) is 20.8 Å². The number of H-pyrrole nitrogens is 2. The first-order chi connectivity index (χ1) is 61.7. The average molecular weight is 2110 g/mol. The molecule has 43 nitrogen and oxygen atoms in total. The van der Waals surface area contributed by atoms with Crippen LogP contribution in [0.25, 0.3) is 72.8 Å². The molecule has 0 spiro atoms. The molecule has 0 aliphatic carbocycles. The number of amides is 1. The van der Waals surface area contributed by atoms with Gasteiger partial charge in [-0.05, 0) is 128 Å². The quantitative estimate of drug-likeness (QED) is 0.0124. The van der Waals surface area contributed by atoms with E-state index in [0.717, 1.165) is 39.1 Å². The molecule has 49 heteroatoms. The van der Waals surface area contributed by atoms with Crippen molar-refractivity contribution in [3.8, 4) is 39.5 Å². The van der Waals surface area contributed by atoms with Crippen molar-refractivity contribution < 1.29 is 227 Å². The topological polar surface area (TPSA) is 662 Å². The molecule has 1 atom stereocenters. The number of fused-ring (bicyclic) bond motifs is 5. The summed E-state index contributed by atoms with van der Waals surface area (Å²) in [7, 11) is 0. The molecule has 0 bridgehead atoms. The van der Waals surface area contributed by atoms with E-state index in [0.29, 0.717) is 56.5 Å². The second-order valence-electron chi connectivity index (χ2n) is 25.8. The summed E-state index contributed by atoms with van der Waals surface area (Å²) in [5.74, 6) is -2.59. The number of halogens is 1. The maximum absolute atomic E-state index is 13.7. The van der Waals surface area contributed by atoms with Gasteiger partial charge < -0.3 is 75.6 Å². The van der Waals surface area contributed by atoms with Gasteiger partial charge in [0.15, 0.2) is 57.5 Å². The molecule has 0 saturated carbocycles. The van der Waals surface area contributed by atoms with E-state index in [1.54, 1.807) is 75.1 Å². The Morgan fingerprint density at radius 1 is 0.557 bits per heavy atom. The van der Waals surface area contributed by atoms with Gasteiger partial charge in [-0.3, -0.25) is 33.6 Å². The molecule has 0 unspecified atom stereocenters. The van der Waals surface area contributed by atoms with E-state index in [2.05, 4.69) is 60.5 Å². The minimum absolute atomic E-state index is 0. The molecule has 0 aliphatic rings. The van der Waals surface area contributed by atoms with E-state index in [4.69, 9.17) is 95.8 Å². The van der Waals surface area contributed by atoms with Crippen LogP contribution >= 0.6 is 11.6 Å². The van der Waals surface area contributed by atoms with Crippen molar-refractivity contribution in [2.24, 2.45) is 0 Å². The number of aryl methyl sites for hydroxylation is 3. The number of ketones is 1. The van der Waals surface area contributed by atoms with Crippen molar-refractivity contribution in [3.63, 3.8) is 0 Å². The summed E-state index contributed by atoms with van der Waals surface area (Å²) in [6, 6.07) is 46.3. The number of nitrogens with zero attached hydrogens (tertiary/aromatic N) is 13. The number of nitrogens with two attached hydrogens (primary N) is 6. The van der Waals surface area contributed by atoms with Crippen LogP contribution in [-0.4, -0.2) is 165 Å². The number of esters is 3. The van der Waals surface area contributed by atoms with E-state index in [9.17, 15) is 43.5 Å². The molecule has 0 saturated heterocycles. The molecule has 0 aliphatic heterocycles. The number of nitrogen functional groups attached to an aromatic ring is 6. The van der Waals surface area contributed by atoms with E-state index >= 15 is 0 Å². The molecule has 131 heavy (non-hydrogen) atoms. The summed E-state index contributed by atoms with van der Waals surface area (Å²) in [4.78, 5) is 122. The zero-order valence-electron chi connectivity index (χ0n) is 72.7. The molecule has 15 rings (SSSR count). The summed E-state index contributed by atoms with van der Waals surface area (Å²) >= 11 is 4.18. The van der Waals surface area contributed by atoms with Gasteiger partial charge in [0.25, 0.3) is 23.5 Å². The molecule has 5 aromatic carbocycles. The summed E-state index contributed by atoms with van der Waals surface area (Å²) < 4.78 is 71.4. The van der Waals surface area contributed by atoms with Crippen molar-refractivity contribution in [2.75, 3.05) is 54.2 Å². The third-order valence-corrected chi connectivity index (χ3v) is 17.4. The fraction of sp³-hybridized carbons (Fsp3) is 0.159. The van der Waals surface area contributed by atoms with Gasteiger partial charge in [0.1, 0.15) is 33.6 Å². The number of aromatic carboxylic acids is 1. The van der Waals surface area contributed by atoms with Crippen LogP contribution in [0.1, 0.15) is 123 Å².